The summed E-state index contributed by atoms with van der Waals surface area (Å²) < 4.78 is 38.6. The van der Waals surface area contributed by atoms with Crippen LogP contribution in [0.15, 0.2) is 30.9 Å². The molecule has 0 aliphatic rings. The van der Waals surface area contributed by atoms with Crippen LogP contribution in [0, 0.1) is 6.92 Å². The molecule has 4 nitrogen and oxygen atoms in total. The van der Waals surface area contributed by atoms with Crippen LogP contribution in [0.5, 0.6) is 0 Å². The monoisotopic (exact) mass is 387 g/mol. The first-order valence-corrected chi connectivity index (χ1v) is 7.72. The molecule has 0 saturated heterocycles. The molecule has 0 amide bonds. The third-order valence-corrected chi connectivity index (χ3v) is 3.68. The number of carbonyl (C=O) groups excluding carboxylic acids is 1. The van der Waals surface area contributed by atoms with Crippen molar-refractivity contribution < 1.29 is 18.0 Å². The molecule has 1 heterocycles. The molecule has 0 fully saturated rings. The van der Waals surface area contributed by atoms with Gasteiger partial charge in [-0.05, 0) is 19.1 Å². The third-order valence-electron chi connectivity index (χ3n) is 3.17. The lowest BCUT2D eigenvalue weighted by Gasteiger charge is -2.19. The number of fused-ring (bicyclic) bond motifs is 1. The number of carbonyl (C=O) groups is 1. The Labute approximate surface area is 138 Å². The molecule has 23 heavy (non-hydrogen) atoms. The summed E-state index contributed by atoms with van der Waals surface area (Å²) in [6.45, 7) is 4.73. The van der Waals surface area contributed by atoms with Gasteiger partial charge in [0.2, 0.25) is 0 Å². The van der Waals surface area contributed by atoms with E-state index in [1.807, 2.05) is 0 Å². The second kappa shape index (κ2) is 6.66. The van der Waals surface area contributed by atoms with Gasteiger partial charge in [0.05, 0.1) is 16.5 Å². The first-order valence-electron chi connectivity index (χ1n) is 6.60. The smallest absolute Gasteiger partial charge is 0.354 e. The Hall–Kier alpha value is -1.96. The van der Waals surface area contributed by atoms with Crippen molar-refractivity contribution in [1.82, 2.24) is 9.97 Å². The number of ketones is 1. The minimum absolute atomic E-state index is 0.0328. The number of aromatic nitrogens is 2. The summed E-state index contributed by atoms with van der Waals surface area (Å²) in [5.41, 5.74) is 1.31. The van der Waals surface area contributed by atoms with E-state index in [-0.39, 0.29) is 22.4 Å². The molecule has 0 aliphatic heterocycles. The van der Waals surface area contributed by atoms with Crippen molar-refractivity contribution in [3.8, 4) is 0 Å². The molecular formula is C15H13BrF3N3O. The summed E-state index contributed by atoms with van der Waals surface area (Å²) in [4.78, 5) is 20.3. The van der Waals surface area contributed by atoms with Crippen molar-refractivity contribution in [3.05, 3.63) is 42.1 Å². The Bertz CT molecular complexity index is 761. The fourth-order valence-corrected chi connectivity index (χ4v) is 2.32. The van der Waals surface area contributed by atoms with E-state index in [1.54, 1.807) is 25.1 Å². The molecule has 1 atom stereocenters. The summed E-state index contributed by atoms with van der Waals surface area (Å²) in [7, 11) is 0. The molecule has 1 aromatic heterocycles. The minimum Gasteiger partial charge on any atom is -0.354 e. The minimum atomic E-state index is -4.50. The summed E-state index contributed by atoms with van der Waals surface area (Å²) in [6.07, 6.45) is -3.75. The summed E-state index contributed by atoms with van der Waals surface area (Å²) in [6, 6.07) is 2.92. The van der Waals surface area contributed by atoms with Gasteiger partial charge in [-0.25, -0.2) is 9.97 Å². The fourth-order valence-electron chi connectivity index (χ4n) is 2.02. The number of benzene rings is 1. The van der Waals surface area contributed by atoms with Crippen molar-refractivity contribution in [2.24, 2.45) is 0 Å². The molecular weight excluding hydrogens is 375 g/mol. The van der Waals surface area contributed by atoms with E-state index >= 15 is 0 Å². The first-order chi connectivity index (χ1) is 10.8. The number of anilines is 1. The van der Waals surface area contributed by atoms with E-state index < -0.39 is 12.2 Å². The Balaban J connectivity index is 2.55. The maximum Gasteiger partial charge on any atom is 0.412 e. The molecule has 2 aromatic rings. The zero-order valence-electron chi connectivity index (χ0n) is 12.1. The molecule has 0 aliphatic carbocycles. The van der Waals surface area contributed by atoms with Crippen molar-refractivity contribution in [1.29, 1.82) is 0 Å². The quantitative estimate of drug-likeness (QED) is 0.477. The SMILES string of the molecule is C=C[C@@H](Nc1nc2c(C(=O)CBr)cccc2nc1C)C(F)(F)F. The summed E-state index contributed by atoms with van der Waals surface area (Å²) in [5, 5.41) is 2.36. The lowest BCUT2D eigenvalue weighted by molar-refractivity contribution is -0.132. The van der Waals surface area contributed by atoms with Gasteiger partial charge in [-0.3, -0.25) is 4.79 Å². The van der Waals surface area contributed by atoms with E-state index in [1.165, 1.54) is 0 Å². The van der Waals surface area contributed by atoms with Crippen molar-refractivity contribution in [2.45, 2.75) is 19.1 Å². The van der Waals surface area contributed by atoms with E-state index in [4.69, 9.17) is 0 Å². The number of nitrogens with one attached hydrogen (secondary N) is 1. The van der Waals surface area contributed by atoms with E-state index in [2.05, 4.69) is 37.8 Å². The maximum atomic E-state index is 12.9. The van der Waals surface area contributed by atoms with Gasteiger partial charge in [0.25, 0.3) is 0 Å². The number of hydrogen-bond donors (Lipinski definition) is 1. The van der Waals surface area contributed by atoms with Gasteiger partial charge in [0, 0.05) is 5.56 Å². The molecule has 0 bridgehead atoms. The molecule has 0 spiro atoms. The highest BCUT2D eigenvalue weighted by Gasteiger charge is 2.38. The molecule has 8 heteroatoms. The topological polar surface area (TPSA) is 54.9 Å². The lowest BCUT2D eigenvalue weighted by Crippen LogP contribution is -2.34. The van der Waals surface area contributed by atoms with E-state index in [0.717, 1.165) is 6.08 Å². The lowest BCUT2D eigenvalue weighted by atomic mass is 10.1. The second-order valence-corrected chi connectivity index (χ2v) is 5.35. The molecule has 0 saturated carbocycles. The highest BCUT2D eigenvalue weighted by Crippen LogP contribution is 2.26. The molecule has 0 radical (unpaired) electrons. The zero-order chi connectivity index (χ0) is 17.2. The van der Waals surface area contributed by atoms with E-state index in [0.29, 0.717) is 16.8 Å². The van der Waals surface area contributed by atoms with E-state index in [9.17, 15) is 18.0 Å². The number of alkyl halides is 4. The Morgan fingerprint density at radius 2 is 2.13 bits per heavy atom. The predicted molar refractivity (Wildman–Crippen MR) is 86.1 cm³/mol. The average Bonchev–Trinajstić information content (AvgIpc) is 2.50. The standard InChI is InChI=1S/C15H13BrF3N3O/c1-3-12(15(17,18)19)21-14-8(2)20-10-6-4-5-9(11(23)7-16)13(10)22-14/h3-6,12H,1,7H2,2H3,(H,21,22)/t12-/m1/s1. The van der Waals surface area contributed by atoms with Gasteiger partial charge in [-0.2, -0.15) is 13.2 Å². The van der Waals surface area contributed by atoms with Crippen LogP contribution in [0.1, 0.15) is 16.1 Å². The second-order valence-electron chi connectivity index (χ2n) is 4.79. The van der Waals surface area contributed by atoms with Crippen LogP contribution < -0.4 is 5.32 Å². The maximum absolute atomic E-state index is 12.9. The number of nitrogens with zero attached hydrogens (tertiary/aromatic N) is 2. The Kier molecular flexibility index (Phi) is 5.03. The Morgan fingerprint density at radius 3 is 2.70 bits per heavy atom. The summed E-state index contributed by atoms with van der Waals surface area (Å²) in [5.74, 6) is -0.259. The third kappa shape index (κ3) is 3.69. The average molecular weight is 388 g/mol. The molecule has 122 valence electrons. The van der Waals surface area contributed by atoms with Crippen molar-refractivity contribution >= 4 is 38.6 Å². The molecule has 0 unspecified atom stereocenters. The van der Waals surface area contributed by atoms with Crippen LogP contribution in [-0.4, -0.2) is 33.3 Å². The summed E-state index contributed by atoms with van der Waals surface area (Å²) >= 11 is 3.07. The fraction of sp³-hybridized carbons (Fsp3) is 0.267. The van der Waals surface area contributed by atoms with Crippen LogP contribution in [-0.2, 0) is 0 Å². The zero-order valence-corrected chi connectivity index (χ0v) is 13.7. The van der Waals surface area contributed by atoms with Crippen molar-refractivity contribution in [3.63, 3.8) is 0 Å². The highest BCUT2D eigenvalue weighted by molar-refractivity contribution is 9.09. The van der Waals surface area contributed by atoms with Crippen molar-refractivity contribution in [2.75, 3.05) is 10.6 Å². The van der Waals surface area contributed by atoms with Gasteiger partial charge in [-0.15, -0.1) is 6.58 Å². The normalized spacial score (nSPS) is 12.9. The number of para-hydroxylation sites is 1. The number of Topliss-reactive ketones (excluding diaryl/α,β-unsaturated/α-hetero) is 1. The Morgan fingerprint density at radius 1 is 1.43 bits per heavy atom. The molecule has 1 N–H and O–H groups in total. The molecule has 2 rings (SSSR count). The van der Waals surface area contributed by atoms with Crippen LogP contribution >= 0.6 is 15.9 Å². The van der Waals surface area contributed by atoms with Gasteiger partial charge in [0.1, 0.15) is 17.4 Å². The number of rotatable bonds is 5. The van der Waals surface area contributed by atoms with Gasteiger partial charge >= 0.3 is 6.18 Å². The first kappa shape index (κ1) is 17.4. The highest BCUT2D eigenvalue weighted by atomic mass is 79.9. The van der Waals surface area contributed by atoms with Crippen LogP contribution in [0.2, 0.25) is 0 Å². The number of hydrogen-bond acceptors (Lipinski definition) is 4. The van der Waals surface area contributed by atoms with Gasteiger partial charge < -0.3 is 5.32 Å². The predicted octanol–water partition coefficient (Wildman–Crippen LogP) is 4.04. The van der Waals surface area contributed by atoms with Crippen LogP contribution in [0.3, 0.4) is 0 Å². The van der Waals surface area contributed by atoms with Gasteiger partial charge in [-0.1, -0.05) is 28.1 Å². The number of aryl methyl sites for hydroxylation is 1. The van der Waals surface area contributed by atoms with Crippen LogP contribution in [0.4, 0.5) is 19.0 Å². The van der Waals surface area contributed by atoms with Gasteiger partial charge in [0.15, 0.2) is 5.78 Å². The molecule has 1 aromatic carbocycles. The number of halogens is 4. The van der Waals surface area contributed by atoms with Crippen LogP contribution in [0.25, 0.3) is 11.0 Å². The largest absolute Gasteiger partial charge is 0.412 e.